The second kappa shape index (κ2) is 8.95. The molecule has 1 aromatic heterocycles. The molecule has 1 aromatic carbocycles. The first-order valence-corrected chi connectivity index (χ1v) is 10.2. The second-order valence-corrected chi connectivity index (χ2v) is 7.33. The molecule has 0 saturated carbocycles. The summed E-state index contributed by atoms with van der Waals surface area (Å²) in [5, 5.41) is 0. The van der Waals surface area contributed by atoms with Crippen LogP contribution >= 0.6 is 0 Å². The highest BCUT2D eigenvalue weighted by Gasteiger charge is 2.20. The fourth-order valence-electron chi connectivity index (χ4n) is 3.68. The molecule has 0 bridgehead atoms. The minimum atomic E-state index is 0.548. The summed E-state index contributed by atoms with van der Waals surface area (Å²) in [6.45, 7) is 4.03. The second-order valence-electron chi connectivity index (χ2n) is 7.33. The van der Waals surface area contributed by atoms with Gasteiger partial charge in [-0.1, -0.05) is 0 Å². The lowest BCUT2D eigenvalue weighted by atomic mass is 10.1. The minimum Gasteiger partial charge on any atom is -0.497 e. The molecule has 0 radical (unpaired) electrons. The number of nitrogens with one attached hydrogen (secondary N) is 2. The molecule has 3 heterocycles. The van der Waals surface area contributed by atoms with Gasteiger partial charge in [0.25, 0.3) is 0 Å². The fourth-order valence-corrected chi connectivity index (χ4v) is 3.68. The van der Waals surface area contributed by atoms with Crippen LogP contribution in [0.25, 0.3) is 0 Å². The predicted molar refractivity (Wildman–Crippen MR) is 112 cm³/mol. The number of methoxy groups -OCH3 is 1. The van der Waals surface area contributed by atoms with E-state index in [4.69, 9.17) is 9.72 Å². The van der Waals surface area contributed by atoms with E-state index in [9.17, 15) is 0 Å². The monoisotopic (exact) mass is 383 g/mol. The van der Waals surface area contributed by atoms with Crippen molar-refractivity contribution < 1.29 is 4.74 Å². The highest BCUT2D eigenvalue weighted by molar-refractivity contribution is 5.52. The Labute approximate surface area is 166 Å². The Morgan fingerprint density at radius 1 is 0.714 bits per heavy atom. The van der Waals surface area contributed by atoms with Crippen LogP contribution in [0.4, 0.5) is 23.5 Å². The number of hydrogen-bond donors (Lipinski definition) is 2. The van der Waals surface area contributed by atoms with Crippen LogP contribution in [-0.4, -0.2) is 48.2 Å². The van der Waals surface area contributed by atoms with Gasteiger partial charge >= 0.3 is 0 Å². The van der Waals surface area contributed by atoms with Crippen molar-refractivity contribution >= 4 is 23.5 Å². The molecule has 0 amide bonds. The van der Waals surface area contributed by atoms with Crippen LogP contribution in [0.5, 0.6) is 5.75 Å². The van der Waals surface area contributed by atoms with E-state index in [0.29, 0.717) is 5.95 Å². The van der Waals surface area contributed by atoms with E-state index in [1.54, 1.807) is 7.11 Å². The number of hydrazine groups is 1. The molecule has 4 rings (SSSR count). The number of aromatic nitrogens is 3. The van der Waals surface area contributed by atoms with E-state index >= 15 is 0 Å². The van der Waals surface area contributed by atoms with Crippen molar-refractivity contribution in [2.75, 3.05) is 53.9 Å². The van der Waals surface area contributed by atoms with E-state index in [0.717, 1.165) is 49.5 Å². The standard InChI is InChI=1S/C20H29N7O/c1-28-17-10-8-16(9-11-17)24-25-18-21-19(26-12-4-2-5-13-26)23-20(22-18)27-14-6-3-7-15-27/h8-11,24H,2-7,12-15H2,1H3,(H,21,22,23,25). The third-order valence-corrected chi connectivity index (χ3v) is 5.30. The van der Waals surface area contributed by atoms with E-state index in [1.807, 2.05) is 24.3 Å². The maximum absolute atomic E-state index is 5.21. The normalized spacial score (nSPS) is 17.3. The molecule has 2 N–H and O–H groups in total. The van der Waals surface area contributed by atoms with Crippen molar-refractivity contribution in [2.45, 2.75) is 38.5 Å². The number of hydrogen-bond acceptors (Lipinski definition) is 8. The van der Waals surface area contributed by atoms with Crippen LogP contribution < -0.4 is 25.4 Å². The molecule has 0 atom stereocenters. The Kier molecular flexibility index (Phi) is 5.94. The quantitative estimate of drug-likeness (QED) is 0.736. The van der Waals surface area contributed by atoms with E-state index in [-0.39, 0.29) is 0 Å². The maximum Gasteiger partial charge on any atom is 0.248 e. The van der Waals surface area contributed by atoms with Gasteiger partial charge < -0.3 is 14.5 Å². The summed E-state index contributed by atoms with van der Waals surface area (Å²) in [7, 11) is 1.66. The topological polar surface area (TPSA) is 78.4 Å². The van der Waals surface area contributed by atoms with Crippen molar-refractivity contribution in [2.24, 2.45) is 0 Å². The van der Waals surface area contributed by atoms with Crippen LogP contribution in [0.3, 0.4) is 0 Å². The molecule has 0 aliphatic carbocycles. The third-order valence-electron chi connectivity index (χ3n) is 5.30. The lowest BCUT2D eigenvalue weighted by Gasteiger charge is -2.30. The Bertz CT molecular complexity index is 719. The first-order chi connectivity index (χ1) is 13.8. The molecule has 2 aliphatic rings. The largest absolute Gasteiger partial charge is 0.497 e. The van der Waals surface area contributed by atoms with Crippen LogP contribution in [0.2, 0.25) is 0 Å². The van der Waals surface area contributed by atoms with Crippen LogP contribution in [0.15, 0.2) is 24.3 Å². The summed E-state index contributed by atoms with van der Waals surface area (Å²) >= 11 is 0. The SMILES string of the molecule is COc1ccc(NNc2nc(N3CCCCC3)nc(N3CCCCC3)n2)cc1. The van der Waals surface area contributed by atoms with E-state index in [1.165, 1.54) is 38.5 Å². The van der Waals surface area contributed by atoms with Crippen molar-refractivity contribution in [3.63, 3.8) is 0 Å². The zero-order valence-corrected chi connectivity index (χ0v) is 16.5. The van der Waals surface area contributed by atoms with Crippen LogP contribution in [-0.2, 0) is 0 Å². The summed E-state index contributed by atoms with van der Waals surface area (Å²) in [6.07, 6.45) is 7.33. The average molecular weight is 384 g/mol. The molecule has 0 spiro atoms. The molecule has 2 aromatic rings. The summed E-state index contributed by atoms with van der Waals surface area (Å²) in [5.74, 6) is 2.92. The Balaban J connectivity index is 1.53. The highest BCUT2D eigenvalue weighted by atomic mass is 16.5. The van der Waals surface area contributed by atoms with Crippen LogP contribution in [0, 0.1) is 0 Å². The molecule has 2 aliphatic heterocycles. The van der Waals surface area contributed by atoms with Gasteiger partial charge in [0.05, 0.1) is 12.8 Å². The molecule has 150 valence electrons. The fraction of sp³-hybridized carbons (Fsp3) is 0.550. The first kappa shape index (κ1) is 18.6. The average Bonchev–Trinajstić information content (AvgIpc) is 2.79. The van der Waals surface area contributed by atoms with E-state index < -0.39 is 0 Å². The number of rotatable bonds is 6. The smallest absolute Gasteiger partial charge is 0.248 e. The summed E-state index contributed by atoms with van der Waals surface area (Å²) < 4.78 is 5.21. The van der Waals surface area contributed by atoms with Crippen molar-refractivity contribution in [3.05, 3.63) is 24.3 Å². The van der Waals surface area contributed by atoms with Crippen LogP contribution in [0.1, 0.15) is 38.5 Å². The van der Waals surface area contributed by atoms with Gasteiger partial charge in [0, 0.05) is 26.2 Å². The Morgan fingerprint density at radius 3 is 1.75 bits per heavy atom. The molecule has 2 fully saturated rings. The molecular weight excluding hydrogens is 354 g/mol. The summed E-state index contributed by atoms with van der Waals surface area (Å²) in [6, 6.07) is 7.72. The van der Waals surface area contributed by atoms with Gasteiger partial charge in [-0.3, -0.25) is 10.9 Å². The zero-order valence-electron chi connectivity index (χ0n) is 16.5. The number of piperidine rings is 2. The van der Waals surface area contributed by atoms with Crippen molar-refractivity contribution in [3.8, 4) is 5.75 Å². The minimum absolute atomic E-state index is 0.548. The van der Waals surface area contributed by atoms with Gasteiger partial charge in [-0.05, 0) is 62.8 Å². The lowest BCUT2D eigenvalue weighted by Crippen LogP contribution is -2.34. The lowest BCUT2D eigenvalue weighted by molar-refractivity contribution is 0.415. The van der Waals surface area contributed by atoms with Gasteiger partial charge in [0.2, 0.25) is 17.8 Å². The molecular formula is C20H29N7O. The number of benzene rings is 1. The van der Waals surface area contributed by atoms with Crippen molar-refractivity contribution in [1.29, 1.82) is 0 Å². The maximum atomic E-state index is 5.21. The van der Waals surface area contributed by atoms with E-state index in [2.05, 4.69) is 30.6 Å². The Morgan fingerprint density at radius 2 is 1.25 bits per heavy atom. The van der Waals surface area contributed by atoms with Gasteiger partial charge in [0.1, 0.15) is 5.75 Å². The van der Waals surface area contributed by atoms with Gasteiger partial charge in [-0.25, -0.2) is 0 Å². The first-order valence-electron chi connectivity index (χ1n) is 10.2. The third kappa shape index (κ3) is 4.55. The predicted octanol–water partition coefficient (Wildman–Crippen LogP) is 3.30. The number of nitrogens with zero attached hydrogens (tertiary/aromatic N) is 5. The number of anilines is 4. The van der Waals surface area contributed by atoms with Gasteiger partial charge in [0.15, 0.2) is 0 Å². The Hall–Kier alpha value is -2.77. The molecule has 8 nitrogen and oxygen atoms in total. The highest BCUT2D eigenvalue weighted by Crippen LogP contribution is 2.23. The molecule has 2 saturated heterocycles. The number of ether oxygens (including phenoxy) is 1. The molecule has 28 heavy (non-hydrogen) atoms. The summed E-state index contributed by atoms with van der Waals surface area (Å²) in [5.41, 5.74) is 7.25. The zero-order chi connectivity index (χ0) is 19.2. The molecule has 8 heteroatoms. The molecule has 0 unspecified atom stereocenters. The summed E-state index contributed by atoms with van der Waals surface area (Å²) in [4.78, 5) is 18.7. The van der Waals surface area contributed by atoms with Gasteiger partial charge in [-0.15, -0.1) is 0 Å². The van der Waals surface area contributed by atoms with Crippen molar-refractivity contribution in [1.82, 2.24) is 15.0 Å². The van der Waals surface area contributed by atoms with Gasteiger partial charge in [-0.2, -0.15) is 15.0 Å².